The van der Waals surface area contributed by atoms with Gasteiger partial charge in [-0.1, -0.05) is 67.4 Å². The summed E-state index contributed by atoms with van der Waals surface area (Å²) in [7, 11) is 3.24. The number of aliphatic imine (C=N–C) groups is 2. The largest absolute Gasteiger partial charge is 0.862 e. The number of hydrogen-bond acceptors (Lipinski definition) is 20. The zero-order valence-corrected chi connectivity index (χ0v) is 38.5. The minimum Gasteiger partial charge on any atom is -0.862 e. The van der Waals surface area contributed by atoms with Crippen LogP contribution in [0.15, 0.2) is 70.6 Å². The molecule has 0 aliphatic carbocycles. The van der Waals surface area contributed by atoms with Gasteiger partial charge in [0.15, 0.2) is 0 Å². The number of carbonyl (C=O) groups excluding carboxylic acids is 6. The molecule has 68 heavy (non-hydrogen) atoms. The van der Waals surface area contributed by atoms with Crippen molar-refractivity contribution in [2.45, 2.75) is 49.9 Å². The Kier molecular flexibility index (Phi) is 15.7. The van der Waals surface area contributed by atoms with E-state index in [0.29, 0.717) is 26.7 Å². The summed E-state index contributed by atoms with van der Waals surface area (Å²) >= 11 is 0. The van der Waals surface area contributed by atoms with Crippen molar-refractivity contribution in [1.82, 2.24) is 9.80 Å². The van der Waals surface area contributed by atoms with Crippen LogP contribution in [0.25, 0.3) is 21.5 Å². The lowest BCUT2D eigenvalue weighted by molar-refractivity contribution is -0.308. The molecule has 4 aromatic carbocycles. The molecule has 5 aliphatic rings. The summed E-state index contributed by atoms with van der Waals surface area (Å²) in [5.41, 5.74) is -0.911. The van der Waals surface area contributed by atoms with Gasteiger partial charge in [0, 0.05) is 56.0 Å². The number of amides is 4. The molecule has 5 aliphatic heterocycles. The lowest BCUT2D eigenvalue weighted by atomic mass is 9.85. The Morgan fingerprint density at radius 2 is 0.897 bits per heavy atom. The summed E-state index contributed by atoms with van der Waals surface area (Å²) in [5, 5.41) is 71.1. The Balaban J connectivity index is 1.16. The van der Waals surface area contributed by atoms with Crippen molar-refractivity contribution in [1.29, 1.82) is 0 Å². The van der Waals surface area contributed by atoms with E-state index >= 15 is 0 Å². The first-order valence-electron chi connectivity index (χ1n) is 20.5. The number of rotatable bonds is 4. The van der Waals surface area contributed by atoms with Crippen LogP contribution >= 0.6 is 43.2 Å². The Morgan fingerprint density at radius 1 is 0.544 bits per heavy atom. The van der Waals surface area contributed by atoms with E-state index in [4.69, 9.17) is 9.47 Å². The zero-order valence-electron chi connectivity index (χ0n) is 35.2. The maximum Gasteiger partial charge on any atom is 0.327 e. The third-order valence-corrected chi connectivity index (χ3v) is 15.6. The molecule has 0 aromatic heterocycles. The highest BCUT2D eigenvalue weighted by Crippen LogP contribution is 2.40. The SMILES string of the molecule is O=C([O-])[C@@H]1CSSC[C@@H](C(=O)O)N2C(=O)c3ccc4c5c(ccc(c35)C2=O)C(=O)N(C4=O)[C@H](C(=O)O)CSSC[C@@H](C(=O)[O-])N=C([O-])CCCOc2cccc3cccc(c23)OCCCC([O-])=N1. The molecular formula is C44H36N4O16S4-4. The fourth-order valence-electron chi connectivity index (χ4n) is 7.56. The Labute approximate surface area is 400 Å². The van der Waals surface area contributed by atoms with Crippen molar-refractivity contribution in [2.24, 2.45) is 9.98 Å². The number of fused-ring (bicyclic) bond motifs is 2. The summed E-state index contributed by atoms with van der Waals surface area (Å²) in [4.78, 5) is 114. The van der Waals surface area contributed by atoms with Crippen LogP contribution in [0.5, 0.6) is 11.5 Å². The molecule has 0 unspecified atom stereocenters. The maximum absolute atomic E-state index is 14.0. The van der Waals surface area contributed by atoms with Gasteiger partial charge in [0.05, 0.1) is 42.6 Å². The minimum atomic E-state index is -1.80. The highest BCUT2D eigenvalue weighted by Gasteiger charge is 2.46. The van der Waals surface area contributed by atoms with Crippen LogP contribution in [0.2, 0.25) is 0 Å². The van der Waals surface area contributed by atoms with Crippen molar-refractivity contribution in [2.75, 3.05) is 36.2 Å². The van der Waals surface area contributed by atoms with E-state index in [-0.39, 0.29) is 83.4 Å². The molecule has 0 saturated heterocycles. The summed E-state index contributed by atoms with van der Waals surface area (Å²) in [6.07, 6.45) is -0.145. The number of aliphatic carboxylic acids is 4. The molecule has 9 rings (SSSR count). The van der Waals surface area contributed by atoms with Crippen molar-refractivity contribution in [3.63, 3.8) is 0 Å². The average molecular weight is 1010 g/mol. The van der Waals surface area contributed by atoms with E-state index in [1.807, 2.05) is 12.1 Å². The molecule has 4 atom stereocenters. The molecule has 356 valence electrons. The monoisotopic (exact) mass is 1000 g/mol. The molecule has 4 aromatic rings. The smallest absolute Gasteiger partial charge is 0.327 e. The van der Waals surface area contributed by atoms with Crippen LogP contribution in [-0.2, 0) is 19.2 Å². The normalized spacial score (nSPS) is 21.8. The van der Waals surface area contributed by atoms with Gasteiger partial charge < -0.3 is 49.7 Å². The quantitative estimate of drug-likeness (QED) is 0.209. The second kappa shape index (κ2) is 21.6. The molecule has 0 spiro atoms. The minimum absolute atomic E-state index is 0.0162. The fourth-order valence-corrected chi connectivity index (χ4v) is 12.2. The number of nitrogens with zero attached hydrogens (tertiary/aromatic N) is 4. The van der Waals surface area contributed by atoms with Crippen LogP contribution < -0.4 is 29.9 Å². The first kappa shape index (κ1) is 49.4. The van der Waals surface area contributed by atoms with E-state index in [2.05, 4.69) is 9.98 Å². The number of carboxylic acids is 4. The standard InChI is InChI=1S/C44H40N4O16S4/c49-32-9-3-15-63-30-7-1-5-21-6-2-8-31(34(21)30)64-16-4-10-33(50)46-27(42(57)58)18-66-68-20-29(44(61)62)48-39(53)24-13-11-22-35-23(12-14-25(36(24)35)40(48)54)38(52)47(37(22)51)28(43(59)60)19-67-65-17-26(45-32)41(55)56/h1-2,5-8,11-14,26-29H,3-4,9-10,15-20H2,(H,45,49)(H,46,50)(H,55,56)(H,57,58)(H,59,60)(H,61,62)/p-4/t26-,27-,28-,29-/m0/s1. The van der Waals surface area contributed by atoms with E-state index in [9.17, 15) is 69.0 Å². The predicted molar refractivity (Wildman–Crippen MR) is 243 cm³/mol. The topological polar surface area (TPSA) is 319 Å². The third kappa shape index (κ3) is 10.5. The van der Waals surface area contributed by atoms with Crippen LogP contribution in [0.3, 0.4) is 0 Å². The van der Waals surface area contributed by atoms with E-state index in [1.165, 1.54) is 0 Å². The third-order valence-electron chi connectivity index (χ3n) is 10.8. The van der Waals surface area contributed by atoms with Crippen LogP contribution in [0.1, 0.15) is 67.1 Å². The molecule has 4 amide bonds. The zero-order chi connectivity index (χ0) is 48.8. The van der Waals surface area contributed by atoms with Crippen LogP contribution in [-0.4, -0.2) is 140 Å². The lowest BCUT2D eigenvalue weighted by Gasteiger charge is -2.35. The summed E-state index contributed by atoms with van der Waals surface area (Å²) in [5.74, 6) is -13.2. The number of hydrogen-bond donors (Lipinski definition) is 2. The maximum atomic E-state index is 14.0. The second-order valence-electron chi connectivity index (χ2n) is 15.1. The second-order valence-corrected chi connectivity index (χ2v) is 20.2. The van der Waals surface area contributed by atoms with Crippen molar-refractivity contribution < 1.29 is 78.5 Å². The van der Waals surface area contributed by atoms with Gasteiger partial charge in [-0.15, -0.1) is 0 Å². The fraction of sp³-hybridized carbons (Fsp3) is 0.318. The van der Waals surface area contributed by atoms with Crippen molar-refractivity contribution in [3.05, 3.63) is 82.9 Å². The van der Waals surface area contributed by atoms with E-state index in [0.717, 1.165) is 72.8 Å². The molecule has 2 N–H and O–H groups in total. The van der Waals surface area contributed by atoms with Gasteiger partial charge in [-0.05, 0) is 79.3 Å². The Morgan fingerprint density at radius 3 is 1.24 bits per heavy atom. The number of carboxylic acid groups (broad SMARTS) is 4. The van der Waals surface area contributed by atoms with Gasteiger partial charge in [0.1, 0.15) is 23.6 Å². The van der Waals surface area contributed by atoms with Crippen molar-refractivity contribution in [3.8, 4) is 11.5 Å². The number of benzene rings is 4. The summed E-state index contributed by atoms with van der Waals surface area (Å²) in [6.45, 7) is 0.0324. The highest BCUT2D eigenvalue weighted by molar-refractivity contribution is 8.77. The summed E-state index contributed by atoms with van der Waals surface area (Å²) in [6, 6.07) is 8.20. The molecule has 5 heterocycles. The van der Waals surface area contributed by atoms with Gasteiger partial charge in [-0.25, -0.2) is 9.59 Å². The Bertz CT molecular complexity index is 2550. The van der Waals surface area contributed by atoms with Crippen LogP contribution in [0.4, 0.5) is 0 Å². The van der Waals surface area contributed by atoms with E-state index < -0.39 is 95.0 Å². The number of carbonyl (C=O) groups is 8. The molecule has 24 heteroatoms. The lowest BCUT2D eigenvalue weighted by Crippen LogP contribution is -2.53. The van der Waals surface area contributed by atoms with Crippen molar-refractivity contribution >= 4 is 124 Å². The summed E-state index contributed by atoms with van der Waals surface area (Å²) < 4.78 is 12.0. The number of ether oxygens (including phenoxy) is 2. The molecule has 0 fully saturated rings. The van der Waals surface area contributed by atoms with Gasteiger partial charge in [0.25, 0.3) is 23.6 Å². The first-order chi connectivity index (χ1) is 32.6. The van der Waals surface area contributed by atoms with E-state index in [1.54, 1.807) is 24.3 Å². The molecular weight excluding hydrogens is 969 g/mol. The van der Waals surface area contributed by atoms with Gasteiger partial charge in [-0.2, -0.15) is 0 Å². The van der Waals surface area contributed by atoms with Gasteiger partial charge >= 0.3 is 11.9 Å². The van der Waals surface area contributed by atoms with Gasteiger partial charge in [0.2, 0.25) is 0 Å². The molecule has 0 saturated carbocycles. The first-order valence-corrected chi connectivity index (χ1v) is 25.5. The van der Waals surface area contributed by atoms with Crippen LogP contribution in [0, 0.1) is 0 Å². The molecule has 8 bridgehead atoms. The Hall–Kier alpha value is -6.50. The average Bonchev–Trinajstić information content (AvgIpc) is 3.30. The van der Waals surface area contributed by atoms with Gasteiger partial charge in [-0.3, -0.25) is 39.0 Å². The predicted octanol–water partition coefficient (Wildman–Crippen LogP) is 0.641. The molecule has 20 nitrogen and oxygen atoms in total. The highest BCUT2D eigenvalue weighted by atomic mass is 33.1. The molecule has 0 radical (unpaired) electrons. The number of imide groups is 2.